The van der Waals surface area contributed by atoms with E-state index in [1.807, 2.05) is 6.92 Å². The number of carbonyl (C=O) groups excluding carboxylic acids is 2. The van der Waals surface area contributed by atoms with E-state index in [0.29, 0.717) is 22.9 Å². The monoisotopic (exact) mass is 513 g/mol. The SMILES string of the molecule is CCCNC(=O)c1ccccc1NS(=O)(=O)c1nnc(NC(=O)c2ccc(Cl)cc2Cl)s1. The van der Waals surface area contributed by atoms with Gasteiger partial charge in [-0.15, -0.1) is 10.2 Å². The lowest BCUT2D eigenvalue weighted by atomic mass is 10.1. The van der Waals surface area contributed by atoms with Gasteiger partial charge in [0.2, 0.25) is 5.13 Å². The topological polar surface area (TPSA) is 130 Å². The Hall–Kier alpha value is -2.73. The Balaban J connectivity index is 1.77. The Bertz CT molecular complexity index is 1260. The molecular formula is C19H17Cl2N5O4S2. The first-order valence-electron chi connectivity index (χ1n) is 9.21. The van der Waals surface area contributed by atoms with Crippen LogP contribution in [0.1, 0.15) is 34.1 Å². The zero-order valence-corrected chi connectivity index (χ0v) is 19.7. The standard InChI is InChI=1S/C19H17Cl2N5O4S2/c1-2-9-22-16(27)13-5-3-4-6-15(13)26-32(29,30)19-25-24-18(31-19)23-17(28)12-8-7-11(20)10-14(12)21/h3-8,10,26H,2,9H2,1H3,(H,22,27)(H,23,24,28). The lowest BCUT2D eigenvalue weighted by molar-refractivity contribution is 0.0953. The van der Waals surface area contributed by atoms with Crippen LogP contribution in [0, 0.1) is 0 Å². The molecule has 0 unspecified atom stereocenters. The molecule has 1 aromatic heterocycles. The van der Waals surface area contributed by atoms with Gasteiger partial charge in [-0.05, 0) is 36.8 Å². The number of anilines is 2. The summed E-state index contributed by atoms with van der Waals surface area (Å²) >= 11 is 12.5. The van der Waals surface area contributed by atoms with E-state index in [1.54, 1.807) is 12.1 Å². The van der Waals surface area contributed by atoms with Crippen LogP contribution in [0.3, 0.4) is 0 Å². The molecule has 0 aliphatic carbocycles. The Labute approximate surface area is 198 Å². The van der Waals surface area contributed by atoms with Crippen molar-refractivity contribution in [3.05, 3.63) is 63.6 Å². The van der Waals surface area contributed by atoms with E-state index in [0.717, 1.165) is 6.42 Å². The van der Waals surface area contributed by atoms with E-state index in [4.69, 9.17) is 23.2 Å². The average molecular weight is 514 g/mol. The molecule has 0 aliphatic heterocycles. The third-order valence-electron chi connectivity index (χ3n) is 3.98. The van der Waals surface area contributed by atoms with Gasteiger partial charge in [0.25, 0.3) is 26.2 Å². The van der Waals surface area contributed by atoms with E-state index >= 15 is 0 Å². The lowest BCUT2D eigenvalue weighted by Gasteiger charge is -2.11. The van der Waals surface area contributed by atoms with Crippen molar-refractivity contribution < 1.29 is 18.0 Å². The van der Waals surface area contributed by atoms with Crippen molar-refractivity contribution in [2.45, 2.75) is 17.7 Å². The van der Waals surface area contributed by atoms with Crippen LogP contribution in [0.15, 0.2) is 46.8 Å². The van der Waals surface area contributed by atoms with Crippen LogP contribution in [0.4, 0.5) is 10.8 Å². The van der Waals surface area contributed by atoms with Crippen LogP contribution in [0.25, 0.3) is 0 Å². The lowest BCUT2D eigenvalue weighted by Crippen LogP contribution is -2.25. The summed E-state index contributed by atoms with van der Waals surface area (Å²) in [4.78, 5) is 24.7. The van der Waals surface area contributed by atoms with Gasteiger partial charge < -0.3 is 5.32 Å². The highest BCUT2D eigenvalue weighted by atomic mass is 35.5. The van der Waals surface area contributed by atoms with Crippen LogP contribution in [0.5, 0.6) is 0 Å². The second-order valence-corrected chi connectivity index (χ2v) is 10.0. The predicted molar refractivity (Wildman–Crippen MR) is 124 cm³/mol. The molecular weight excluding hydrogens is 497 g/mol. The van der Waals surface area contributed by atoms with Crippen molar-refractivity contribution in [2.75, 3.05) is 16.6 Å². The second-order valence-electron chi connectivity index (χ2n) is 6.36. The van der Waals surface area contributed by atoms with Gasteiger partial charge in [-0.1, -0.05) is 53.6 Å². The minimum atomic E-state index is -4.16. The van der Waals surface area contributed by atoms with Crippen molar-refractivity contribution >= 4 is 67.2 Å². The molecule has 0 radical (unpaired) electrons. The van der Waals surface area contributed by atoms with E-state index in [1.165, 1.54) is 30.3 Å². The van der Waals surface area contributed by atoms with Crippen molar-refractivity contribution in [1.29, 1.82) is 0 Å². The summed E-state index contributed by atoms with van der Waals surface area (Å²) in [7, 11) is -4.16. The maximum Gasteiger partial charge on any atom is 0.291 e. The van der Waals surface area contributed by atoms with Crippen LogP contribution < -0.4 is 15.4 Å². The highest BCUT2D eigenvalue weighted by molar-refractivity contribution is 7.94. The second kappa shape index (κ2) is 10.3. The quantitative estimate of drug-likeness (QED) is 0.389. The molecule has 0 atom stereocenters. The van der Waals surface area contributed by atoms with Gasteiger partial charge in [-0.25, -0.2) is 0 Å². The van der Waals surface area contributed by atoms with E-state index in [9.17, 15) is 18.0 Å². The fourth-order valence-electron chi connectivity index (χ4n) is 2.50. The number of halogens is 2. The molecule has 13 heteroatoms. The van der Waals surface area contributed by atoms with E-state index < -0.39 is 26.2 Å². The number of rotatable bonds is 8. The molecule has 0 aliphatic rings. The molecule has 3 aromatic rings. The smallest absolute Gasteiger partial charge is 0.291 e. The number of nitrogens with one attached hydrogen (secondary N) is 3. The normalized spacial score (nSPS) is 11.1. The first kappa shape index (κ1) is 23.9. The Morgan fingerprint density at radius 3 is 2.50 bits per heavy atom. The molecule has 168 valence electrons. The van der Waals surface area contributed by atoms with Gasteiger partial charge in [-0.2, -0.15) is 8.42 Å². The van der Waals surface area contributed by atoms with Gasteiger partial charge in [0.15, 0.2) is 0 Å². The Kier molecular flexibility index (Phi) is 7.67. The fourth-order valence-corrected chi connectivity index (χ4v) is 4.97. The van der Waals surface area contributed by atoms with Crippen molar-refractivity contribution in [2.24, 2.45) is 0 Å². The van der Waals surface area contributed by atoms with Gasteiger partial charge in [0, 0.05) is 11.6 Å². The summed E-state index contributed by atoms with van der Waals surface area (Å²) in [6, 6.07) is 10.5. The van der Waals surface area contributed by atoms with Crippen molar-refractivity contribution in [3.8, 4) is 0 Å². The number of amides is 2. The molecule has 0 bridgehead atoms. The average Bonchev–Trinajstić information content (AvgIpc) is 3.21. The number of hydrogen-bond acceptors (Lipinski definition) is 7. The summed E-state index contributed by atoms with van der Waals surface area (Å²) in [5.41, 5.74) is 0.399. The first-order valence-corrected chi connectivity index (χ1v) is 12.3. The van der Waals surface area contributed by atoms with Crippen LogP contribution >= 0.6 is 34.5 Å². The maximum absolute atomic E-state index is 12.8. The van der Waals surface area contributed by atoms with Crippen LogP contribution in [-0.2, 0) is 10.0 Å². The summed E-state index contributed by atoms with van der Waals surface area (Å²) < 4.78 is 27.5. The van der Waals surface area contributed by atoms with E-state index in [2.05, 4.69) is 25.6 Å². The predicted octanol–water partition coefficient (Wildman–Crippen LogP) is 4.04. The van der Waals surface area contributed by atoms with Gasteiger partial charge >= 0.3 is 0 Å². The largest absolute Gasteiger partial charge is 0.352 e. The molecule has 9 nitrogen and oxygen atoms in total. The molecule has 2 aromatic carbocycles. The molecule has 2 amide bonds. The first-order chi connectivity index (χ1) is 15.2. The summed E-state index contributed by atoms with van der Waals surface area (Å²) in [5, 5.41) is 12.9. The number of benzene rings is 2. The summed E-state index contributed by atoms with van der Waals surface area (Å²) in [6.07, 6.45) is 0.736. The zero-order valence-electron chi connectivity index (χ0n) is 16.6. The molecule has 3 rings (SSSR count). The fraction of sp³-hybridized carbons (Fsp3) is 0.158. The molecule has 0 spiro atoms. The third-order valence-corrected chi connectivity index (χ3v) is 7.10. The highest BCUT2D eigenvalue weighted by Gasteiger charge is 2.24. The van der Waals surface area contributed by atoms with Gasteiger partial charge in [0.05, 0.1) is 21.8 Å². The highest BCUT2D eigenvalue weighted by Crippen LogP contribution is 2.26. The number of hydrogen-bond donors (Lipinski definition) is 3. The summed E-state index contributed by atoms with van der Waals surface area (Å²) in [6.45, 7) is 2.36. The van der Waals surface area contributed by atoms with Gasteiger partial charge in [-0.3, -0.25) is 19.6 Å². The third kappa shape index (κ3) is 5.74. The van der Waals surface area contributed by atoms with Crippen LogP contribution in [-0.4, -0.2) is 37.0 Å². The minimum Gasteiger partial charge on any atom is -0.352 e. The molecule has 3 N–H and O–H groups in total. The zero-order chi connectivity index (χ0) is 23.3. The van der Waals surface area contributed by atoms with Crippen LogP contribution in [0.2, 0.25) is 10.0 Å². The van der Waals surface area contributed by atoms with E-state index in [-0.39, 0.29) is 27.0 Å². The minimum absolute atomic E-state index is 0.0460. The number of aromatic nitrogens is 2. The maximum atomic E-state index is 12.8. The van der Waals surface area contributed by atoms with Crippen molar-refractivity contribution in [1.82, 2.24) is 15.5 Å². The number of nitrogens with zero attached hydrogens (tertiary/aromatic N) is 2. The number of para-hydroxylation sites is 1. The molecule has 1 heterocycles. The van der Waals surface area contributed by atoms with Crippen molar-refractivity contribution in [3.63, 3.8) is 0 Å². The molecule has 0 saturated heterocycles. The van der Waals surface area contributed by atoms with Gasteiger partial charge in [0.1, 0.15) is 0 Å². The number of carbonyl (C=O) groups is 2. The molecule has 0 saturated carbocycles. The number of sulfonamides is 1. The Morgan fingerprint density at radius 2 is 1.78 bits per heavy atom. The summed E-state index contributed by atoms with van der Waals surface area (Å²) in [5.74, 6) is -1.01. The molecule has 0 fully saturated rings. The Morgan fingerprint density at radius 1 is 1.03 bits per heavy atom. The molecule has 32 heavy (non-hydrogen) atoms.